The molecule has 0 spiro atoms. The van der Waals surface area contributed by atoms with Crippen LogP contribution in [0.15, 0.2) is 24.3 Å². The highest BCUT2D eigenvalue weighted by Crippen LogP contribution is 2.18. The number of rotatable bonds is 5. The zero-order valence-electron chi connectivity index (χ0n) is 15.0. The summed E-state index contributed by atoms with van der Waals surface area (Å²) in [6, 6.07) is 8.06. The van der Waals surface area contributed by atoms with Gasteiger partial charge in [-0.05, 0) is 58.0 Å². The van der Waals surface area contributed by atoms with Crippen molar-refractivity contribution in [2.45, 2.75) is 32.8 Å². The van der Waals surface area contributed by atoms with Gasteiger partial charge in [0.05, 0.1) is 0 Å². The molecule has 0 saturated carbocycles. The van der Waals surface area contributed by atoms with Crippen LogP contribution in [-0.4, -0.2) is 55.9 Å². The summed E-state index contributed by atoms with van der Waals surface area (Å²) in [5, 5.41) is 2.81. The van der Waals surface area contributed by atoms with Crippen molar-refractivity contribution in [1.82, 2.24) is 10.2 Å². The van der Waals surface area contributed by atoms with Crippen molar-refractivity contribution in [3.05, 3.63) is 24.3 Å². The normalized spacial score (nSPS) is 16.0. The number of amides is 1. The van der Waals surface area contributed by atoms with Crippen LogP contribution in [0.3, 0.4) is 0 Å². The van der Waals surface area contributed by atoms with Crippen LogP contribution in [0.1, 0.15) is 27.2 Å². The molecule has 24 heavy (non-hydrogen) atoms. The molecule has 0 aliphatic carbocycles. The van der Waals surface area contributed by atoms with Crippen molar-refractivity contribution < 1.29 is 9.53 Å². The maximum atomic E-state index is 11.6. The van der Waals surface area contributed by atoms with Crippen LogP contribution in [0.4, 0.5) is 16.2 Å². The number of anilines is 2. The first-order valence-electron chi connectivity index (χ1n) is 8.63. The average Bonchev–Trinajstić information content (AvgIpc) is 2.51. The van der Waals surface area contributed by atoms with Gasteiger partial charge in [-0.3, -0.25) is 4.90 Å². The van der Waals surface area contributed by atoms with Crippen LogP contribution in [0.25, 0.3) is 0 Å². The molecule has 0 atom stereocenters. The van der Waals surface area contributed by atoms with Gasteiger partial charge in [0.15, 0.2) is 0 Å². The first-order chi connectivity index (χ1) is 11.3. The quantitative estimate of drug-likeness (QED) is 0.639. The maximum Gasteiger partial charge on any atom is 0.407 e. The van der Waals surface area contributed by atoms with Crippen molar-refractivity contribution in [3.8, 4) is 0 Å². The number of benzene rings is 1. The molecule has 6 heteroatoms. The van der Waals surface area contributed by atoms with Gasteiger partial charge < -0.3 is 20.7 Å². The van der Waals surface area contributed by atoms with Gasteiger partial charge in [-0.25, -0.2) is 4.79 Å². The Labute approximate surface area is 144 Å². The third-order valence-corrected chi connectivity index (χ3v) is 3.95. The highest BCUT2D eigenvalue weighted by molar-refractivity contribution is 5.67. The molecule has 0 radical (unpaired) electrons. The van der Waals surface area contributed by atoms with Gasteiger partial charge in [0, 0.05) is 44.1 Å². The van der Waals surface area contributed by atoms with E-state index in [9.17, 15) is 4.79 Å². The molecule has 1 saturated heterocycles. The van der Waals surface area contributed by atoms with Gasteiger partial charge in [-0.15, -0.1) is 0 Å². The first-order valence-corrected chi connectivity index (χ1v) is 8.63. The molecule has 0 bridgehead atoms. The molecule has 1 fully saturated rings. The third-order valence-electron chi connectivity index (χ3n) is 3.95. The molecule has 1 aliphatic heterocycles. The summed E-state index contributed by atoms with van der Waals surface area (Å²) >= 11 is 0. The molecule has 1 aromatic rings. The van der Waals surface area contributed by atoms with E-state index in [4.69, 9.17) is 10.5 Å². The lowest BCUT2D eigenvalue weighted by atomic mass is 10.2. The molecule has 1 aliphatic rings. The third kappa shape index (κ3) is 6.28. The molecule has 2 rings (SSSR count). The number of nitrogen functional groups attached to an aromatic ring is 1. The highest BCUT2D eigenvalue weighted by Gasteiger charge is 2.18. The number of carbonyl (C=O) groups excluding carboxylic acids is 1. The maximum absolute atomic E-state index is 11.6. The molecule has 3 N–H and O–H groups in total. The molecule has 1 heterocycles. The van der Waals surface area contributed by atoms with Crippen LogP contribution in [-0.2, 0) is 4.74 Å². The Bertz CT molecular complexity index is 517. The Hall–Kier alpha value is -1.95. The largest absolute Gasteiger partial charge is 0.444 e. The Kier molecular flexibility index (Phi) is 6.31. The summed E-state index contributed by atoms with van der Waals surface area (Å²) in [6.07, 6.45) is 0.594. The number of hydrogen-bond donors (Lipinski definition) is 2. The van der Waals surface area contributed by atoms with Gasteiger partial charge in [-0.2, -0.15) is 0 Å². The fourth-order valence-corrected chi connectivity index (χ4v) is 2.72. The van der Waals surface area contributed by atoms with E-state index in [1.165, 1.54) is 5.69 Å². The molecule has 1 amide bonds. The Morgan fingerprint density at radius 1 is 1.17 bits per heavy atom. The van der Waals surface area contributed by atoms with Crippen LogP contribution >= 0.6 is 0 Å². The second-order valence-electron chi connectivity index (χ2n) is 7.20. The van der Waals surface area contributed by atoms with Crippen LogP contribution in [0.2, 0.25) is 0 Å². The standard InChI is InChI=1S/C18H30N4O2/c1-18(2,3)24-17(23)20-9-4-10-21-11-13-22(14-12-21)16-7-5-15(19)6-8-16/h5-8H,4,9-14,19H2,1-3H3,(H,20,23). The van der Waals surface area contributed by atoms with E-state index in [1.54, 1.807) is 0 Å². The van der Waals surface area contributed by atoms with Crippen molar-refractivity contribution in [1.29, 1.82) is 0 Å². The average molecular weight is 334 g/mol. The van der Waals surface area contributed by atoms with E-state index in [-0.39, 0.29) is 6.09 Å². The minimum atomic E-state index is -0.442. The molecule has 1 aromatic carbocycles. The molecule has 0 unspecified atom stereocenters. The van der Waals surface area contributed by atoms with E-state index >= 15 is 0 Å². The lowest BCUT2D eigenvalue weighted by molar-refractivity contribution is 0.0525. The van der Waals surface area contributed by atoms with Gasteiger partial charge in [0.1, 0.15) is 5.60 Å². The number of nitrogens with two attached hydrogens (primary N) is 1. The predicted octanol–water partition coefficient (Wildman–Crippen LogP) is 2.31. The van der Waals surface area contributed by atoms with Crippen LogP contribution in [0.5, 0.6) is 0 Å². The lowest BCUT2D eigenvalue weighted by Gasteiger charge is -2.36. The van der Waals surface area contributed by atoms with E-state index in [1.807, 2.05) is 32.9 Å². The number of nitrogens with one attached hydrogen (secondary N) is 1. The fourth-order valence-electron chi connectivity index (χ4n) is 2.72. The first kappa shape index (κ1) is 18.4. The lowest BCUT2D eigenvalue weighted by Crippen LogP contribution is -2.47. The van der Waals surface area contributed by atoms with Crippen molar-refractivity contribution in [2.75, 3.05) is 49.9 Å². The van der Waals surface area contributed by atoms with Crippen molar-refractivity contribution in [3.63, 3.8) is 0 Å². The van der Waals surface area contributed by atoms with E-state index in [0.29, 0.717) is 6.54 Å². The summed E-state index contributed by atoms with van der Waals surface area (Å²) in [7, 11) is 0. The number of piperazine rings is 1. The second-order valence-corrected chi connectivity index (χ2v) is 7.20. The summed E-state index contributed by atoms with van der Waals surface area (Å²) in [5.74, 6) is 0. The zero-order valence-corrected chi connectivity index (χ0v) is 15.0. The minimum Gasteiger partial charge on any atom is -0.444 e. The smallest absolute Gasteiger partial charge is 0.407 e. The number of nitrogens with zero attached hydrogens (tertiary/aromatic N) is 2. The summed E-state index contributed by atoms with van der Waals surface area (Å²) < 4.78 is 5.22. The molecule has 0 aromatic heterocycles. The zero-order chi connectivity index (χ0) is 17.6. The number of alkyl carbamates (subject to hydrolysis) is 1. The van der Waals surface area contributed by atoms with E-state index < -0.39 is 5.60 Å². The summed E-state index contributed by atoms with van der Waals surface area (Å²) in [5.41, 5.74) is 7.33. The van der Waals surface area contributed by atoms with Gasteiger partial charge in [-0.1, -0.05) is 0 Å². The molecular weight excluding hydrogens is 304 g/mol. The van der Waals surface area contributed by atoms with Gasteiger partial charge in [0.25, 0.3) is 0 Å². The number of hydrogen-bond acceptors (Lipinski definition) is 5. The Morgan fingerprint density at radius 2 is 1.79 bits per heavy atom. The van der Waals surface area contributed by atoms with Crippen molar-refractivity contribution in [2.24, 2.45) is 0 Å². The van der Waals surface area contributed by atoms with Crippen LogP contribution < -0.4 is 16.0 Å². The number of ether oxygens (including phenoxy) is 1. The summed E-state index contributed by atoms with van der Waals surface area (Å²) in [6.45, 7) is 11.4. The Balaban J connectivity index is 1.61. The molecule has 134 valence electrons. The SMILES string of the molecule is CC(C)(C)OC(=O)NCCCN1CCN(c2ccc(N)cc2)CC1. The summed E-state index contributed by atoms with van der Waals surface area (Å²) in [4.78, 5) is 16.4. The molecular formula is C18H30N4O2. The topological polar surface area (TPSA) is 70.8 Å². The monoisotopic (exact) mass is 334 g/mol. The minimum absolute atomic E-state index is 0.337. The number of carbonyl (C=O) groups is 1. The van der Waals surface area contributed by atoms with Gasteiger partial charge >= 0.3 is 6.09 Å². The predicted molar refractivity (Wildman–Crippen MR) is 98.4 cm³/mol. The highest BCUT2D eigenvalue weighted by atomic mass is 16.6. The van der Waals surface area contributed by atoms with E-state index in [0.717, 1.165) is 44.8 Å². The van der Waals surface area contributed by atoms with Crippen LogP contribution in [0, 0.1) is 0 Å². The van der Waals surface area contributed by atoms with Crippen molar-refractivity contribution >= 4 is 17.5 Å². The second kappa shape index (κ2) is 8.24. The van der Waals surface area contributed by atoms with E-state index in [2.05, 4.69) is 27.2 Å². The molecule has 6 nitrogen and oxygen atoms in total. The Morgan fingerprint density at radius 3 is 2.38 bits per heavy atom. The fraction of sp³-hybridized carbons (Fsp3) is 0.611. The van der Waals surface area contributed by atoms with Gasteiger partial charge in [0.2, 0.25) is 0 Å².